The predicted molar refractivity (Wildman–Crippen MR) is 94.4 cm³/mol. The molecule has 0 spiro atoms. The van der Waals surface area contributed by atoms with E-state index >= 15 is 0 Å². The van der Waals surface area contributed by atoms with Gasteiger partial charge in [0.15, 0.2) is 0 Å². The van der Waals surface area contributed by atoms with Crippen LogP contribution in [-0.2, 0) is 9.59 Å². The van der Waals surface area contributed by atoms with Crippen molar-refractivity contribution in [2.45, 2.75) is 18.7 Å². The fourth-order valence-electron chi connectivity index (χ4n) is 2.56. The quantitative estimate of drug-likeness (QED) is 0.913. The number of benzene rings is 2. The second-order valence-electron chi connectivity index (χ2n) is 5.40. The number of halogens is 1. The van der Waals surface area contributed by atoms with Crippen LogP contribution in [0.4, 0.5) is 15.8 Å². The molecule has 1 N–H and O–H groups in total. The highest BCUT2D eigenvalue weighted by Crippen LogP contribution is 2.42. The van der Waals surface area contributed by atoms with Crippen molar-refractivity contribution < 1.29 is 14.0 Å². The number of hydrogen-bond donors (Lipinski definition) is 1. The standard InChI is InChI=1S/C18H17FN2O2S/c1-2-16(22)20-13-9-7-12(8-10-13)18-21(17(23)11-24-18)15-6-4-3-5-14(15)19/h3-10,18H,2,11H2,1H3,(H,20,22)/t18-/m1/s1. The zero-order chi connectivity index (χ0) is 17.1. The summed E-state index contributed by atoms with van der Waals surface area (Å²) in [6, 6.07) is 13.6. The van der Waals surface area contributed by atoms with E-state index in [2.05, 4.69) is 5.32 Å². The molecule has 24 heavy (non-hydrogen) atoms. The summed E-state index contributed by atoms with van der Waals surface area (Å²) >= 11 is 1.46. The Morgan fingerprint density at radius 3 is 2.62 bits per heavy atom. The van der Waals surface area contributed by atoms with E-state index in [1.165, 1.54) is 22.7 Å². The largest absolute Gasteiger partial charge is 0.326 e. The van der Waals surface area contributed by atoms with Gasteiger partial charge in [-0.15, -0.1) is 11.8 Å². The number of carbonyl (C=O) groups is 2. The van der Waals surface area contributed by atoms with Crippen LogP contribution in [-0.4, -0.2) is 17.6 Å². The van der Waals surface area contributed by atoms with Gasteiger partial charge in [-0.2, -0.15) is 0 Å². The molecule has 1 atom stereocenters. The molecule has 6 heteroatoms. The van der Waals surface area contributed by atoms with E-state index in [9.17, 15) is 14.0 Å². The minimum Gasteiger partial charge on any atom is -0.326 e. The highest BCUT2D eigenvalue weighted by Gasteiger charge is 2.35. The van der Waals surface area contributed by atoms with E-state index in [1.54, 1.807) is 37.3 Å². The van der Waals surface area contributed by atoms with E-state index in [-0.39, 0.29) is 17.2 Å². The van der Waals surface area contributed by atoms with Gasteiger partial charge in [0.2, 0.25) is 11.8 Å². The van der Waals surface area contributed by atoms with Gasteiger partial charge in [-0.25, -0.2) is 4.39 Å². The maximum Gasteiger partial charge on any atom is 0.238 e. The normalized spacial score (nSPS) is 17.2. The summed E-state index contributed by atoms with van der Waals surface area (Å²) in [6.07, 6.45) is 0.412. The molecule has 2 aromatic carbocycles. The summed E-state index contributed by atoms with van der Waals surface area (Å²) in [5.74, 6) is -0.266. The zero-order valence-electron chi connectivity index (χ0n) is 13.2. The number of amides is 2. The number of para-hydroxylation sites is 1. The molecule has 0 aromatic heterocycles. The first kappa shape index (κ1) is 16.5. The van der Waals surface area contributed by atoms with Crippen molar-refractivity contribution in [1.82, 2.24) is 0 Å². The Kier molecular flexibility index (Phi) is 4.85. The van der Waals surface area contributed by atoms with E-state index in [4.69, 9.17) is 0 Å². The second kappa shape index (κ2) is 7.05. The topological polar surface area (TPSA) is 49.4 Å². The number of hydrogen-bond acceptors (Lipinski definition) is 3. The number of rotatable bonds is 4. The Morgan fingerprint density at radius 1 is 1.25 bits per heavy atom. The Labute approximate surface area is 144 Å². The third-order valence-corrected chi connectivity index (χ3v) is 4.99. The average molecular weight is 344 g/mol. The molecule has 1 saturated heterocycles. The van der Waals surface area contributed by atoms with Gasteiger partial charge < -0.3 is 5.32 Å². The summed E-state index contributed by atoms with van der Waals surface area (Å²) in [5.41, 5.74) is 1.89. The van der Waals surface area contributed by atoms with Crippen molar-refractivity contribution >= 4 is 35.0 Å². The minimum absolute atomic E-state index is 0.0545. The lowest BCUT2D eigenvalue weighted by Crippen LogP contribution is -2.28. The Balaban J connectivity index is 1.86. The number of nitrogens with zero attached hydrogens (tertiary/aromatic N) is 1. The zero-order valence-corrected chi connectivity index (χ0v) is 14.0. The first-order valence-electron chi connectivity index (χ1n) is 7.68. The lowest BCUT2D eigenvalue weighted by molar-refractivity contribution is -0.116. The van der Waals surface area contributed by atoms with Crippen molar-refractivity contribution in [1.29, 1.82) is 0 Å². The molecule has 0 aliphatic carbocycles. The molecule has 1 heterocycles. The fraction of sp³-hybridized carbons (Fsp3) is 0.222. The molecular formula is C18H17FN2O2S. The van der Waals surface area contributed by atoms with Crippen molar-refractivity contribution in [2.24, 2.45) is 0 Å². The summed E-state index contributed by atoms with van der Waals surface area (Å²) in [6.45, 7) is 1.79. The van der Waals surface area contributed by atoms with E-state index < -0.39 is 5.82 Å². The molecule has 2 aromatic rings. The third kappa shape index (κ3) is 3.28. The number of anilines is 2. The highest BCUT2D eigenvalue weighted by atomic mass is 32.2. The molecule has 0 radical (unpaired) electrons. The van der Waals surface area contributed by atoms with Crippen LogP contribution in [0.3, 0.4) is 0 Å². The molecule has 0 bridgehead atoms. The summed E-state index contributed by atoms with van der Waals surface area (Å²) < 4.78 is 14.1. The second-order valence-corrected chi connectivity index (χ2v) is 6.47. The van der Waals surface area contributed by atoms with Crippen molar-refractivity contribution in [3.63, 3.8) is 0 Å². The maximum absolute atomic E-state index is 14.1. The molecular weight excluding hydrogens is 327 g/mol. The van der Waals surface area contributed by atoms with Crippen molar-refractivity contribution in [3.8, 4) is 0 Å². The Bertz CT molecular complexity index is 764. The third-order valence-electron chi connectivity index (χ3n) is 3.78. The number of thioether (sulfide) groups is 1. The number of nitrogens with one attached hydrogen (secondary N) is 1. The van der Waals surface area contributed by atoms with Crippen molar-refractivity contribution in [3.05, 3.63) is 59.9 Å². The van der Waals surface area contributed by atoms with Gasteiger partial charge >= 0.3 is 0 Å². The lowest BCUT2D eigenvalue weighted by atomic mass is 10.1. The van der Waals surface area contributed by atoms with Crippen LogP contribution in [0.25, 0.3) is 0 Å². The average Bonchev–Trinajstić information content (AvgIpc) is 2.97. The van der Waals surface area contributed by atoms with Gasteiger partial charge in [0.1, 0.15) is 11.2 Å². The monoisotopic (exact) mass is 344 g/mol. The first-order valence-corrected chi connectivity index (χ1v) is 8.73. The van der Waals surface area contributed by atoms with E-state index in [1.807, 2.05) is 12.1 Å². The SMILES string of the molecule is CCC(=O)Nc1ccc([C@H]2SCC(=O)N2c2ccccc2F)cc1. The van der Waals surface area contributed by atoms with Gasteiger partial charge in [-0.3, -0.25) is 14.5 Å². The number of carbonyl (C=O) groups excluding carboxylic acids is 2. The summed E-state index contributed by atoms with van der Waals surface area (Å²) in [5, 5.41) is 2.51. The smallest absolute Gasteiger partial charge is 0.238 e. The van der Waals surface area contributed by atoms with Crippen LogP contribution in [0.5, 0.6) is 0 Å². The highest BCUT2D eigenvalue weighted by molar-refractivity contribution is 8.00. The molecule has 124 valence electrons. The summed E-state index contributed by atoms with van der Waals surface area (Å²) in [4.78, 5) is 25.2. The van der Waals surface area contributed by atoms with Gasteiger partial charge in [-0.1, -0.05) is 31.2 Å². The van der Waals surface area contributed by atoms with Gasteiger partial charge in [0, 0.05) is 12.1 Å². The van der Waals surface area contributed by atoms with Crippen LogP contribution in [0, 0.1) is 5.82 Å². The van der Waals surface area contributed by atoms with E-state index in [0.717, 1.165) is 5.56 Å². The molecule has 0 unspecified atom stereocenters. The molecule has 0 saturated carbocycles. The minimum atomic E-state index is -0.412. The molecule has 4 nitrogen and oxygen atoms in total. The van der Waals surface area contributed by atoms with Crippen LogP contribution in [0.15, 0.2) is 48.5 Å². The molecule has 1 aliphatic rings. The maximum atomic E-state index is 14.1. The van der Waals surface area contributed by atoms with Crippen molar-refractivity contribution in [2.75, 3.05) is 16.0 Å². The molecule has 1 fully saturated rings. The van der Waals surface area contributed by atoms with Crippen LogP contribution in [0.1, 0.15) is 24.3 Å². The van der Waals surface area contributed by atoms with Gasteiger partial charge in [-0.05, 0) is 29.8 Å². The van der Waals surface area contributed by atoms with Gasteiger partial charge in [0.05, 0.1) is 11.4 Å². The molecule has 3 rings (SSSR count). The van der Waals surface area contributed by atoms with Gasteiger partial charge in [0.25, 0.3) is 0 Å². The van der Waals surface area contributed by atoms with Crippen LogP contribution in [0.2, 0.25) is 0 Å². The molecule has 1 aliphatic heterocycles. The summed E-state index contributed by atoms with van der Waals surface area (Å²) in [7, 11) is 0. The first-order chi connectivity index (χ1) is 11.6. The molecule has 2 amide bonds. The van der Waals surface area contributed by atoms with Crippen LogP contribution >= 0.6 is 11.8 Å². The van der Waals surface area contributed by atoms with E-state index in [0.29, 0.717) is 23.5 Å². The lowest BCUT2D eigenvalue weighted by Gasteiger charge is -2.24. The predicted octanol–water partition coefficient (Wildman–Crippen LogP) is 3.95. The van der Waals surface area contributed by atoms with Crippen LogP contribution < -0.4 is 10.2 Å². The Morgan fingerprint density at radius 2 is 1.96 bits per heavy atom. The fourth-order valence-corrected chi connectivity index (χ4v) is 3.73. The Hall–Kier alpha value is -2.34.